The van der Waals surface area contributed by atoms with Crippen LogP contribution in [0.3, 0.4) is 0 Å². The van der Waals surface area contributed by atoms with Crippen molar-refractivity contribution in [3.8, 4) is 22.9 Å². The molecule has 2 heterocycles. The second-order valence-electron chi connectivity index (χ2n) is 7.30. The first kappa shape index (κ1) is 18.9. The Morgan fingerprint density at radius 1 is 1.03 bits per heavy atom. The standard InChI is InChI=1S/C23H20N4O4/c1-30-18-10-13(11-19(31-2)23(18)29)15-12-20(28)24-16-8-9-17-22(21(15)16)26-27(25-17)14-6-4-3-5-7-14/h3-11,15,29H,12H2,1-2H3,(H,24,28)/t15-/m0/s1. The SMILES string of the molecule is COc1cc([C@@H]2CC(=O)Nc3ccc4nn(-c5ccccc5)nc4c32)cc(OC)c1O. The Bertz CT molecular complexity index is 1270. The van der Waals surface area contributed by atoms with Gasteiger partial charge < -0.3 is 19.9 Å². The third kappa shape index (κ3) is 3.13. The summed E-state index contributed by atoms with van der Waals surface area (Å²) in [4.78, 5) is 14.1. The molecule has 0 aliphatic carbocycles. The average Bonchev–Trinajstić information content (AvgIpc) is 3.23. The van der Waals surface area contributed by atoms with Crippen LogP contribution in [0.1, 0.15) is 23.5 Å². The van der Waals surface area contributed by atoms with Crippen molar-refractivity contribution in [2.75, 3.05) is 19.5 Å². The van der Waals surface area contributed by atoms with E-state index >= 15 is 0 Å². The molecule has 0 bridgehead atoms. The molecule has 4 aromatic rings. The number of anilines is 1. The molecule has 1 atom stereocenters. The van der Waals surface area contributed by atoms with Crippen molar-refractivity contribution in [1.29, 1.82) is 0 Å². The first-order valence-electron chi connectivity index (χ1n) is 9.79. The van der Waals surface area contributed by atoms with E-state index in [1.165, 1.54) is 14.2 Å². The molecule has 8 heteroatoms. The number of hydrogen-bond acceptors (Lipinski definition) is 6. The quantitative estimate of drug-likeness (QED) is 0.527. The molecular weight excluding hydrogens is 396 g/mol. The highest BCUT2D eigenvalue weighted by Crippen LogP contribution is 2.45. The van der Waals surface area contributed by atoms with Crippen LogP contribution in [0.15, 0.2) is 54.6 Å². The number of nitrogens with one attached hydrogen (secondary N) is 1. The molecule has 3 aromatic carbocycles. The minimum atomic E-state index is -0.309. The average molecular weight is 416 g/mol. The van der Waals surface area contributed by atoms with Crippen molar-refractivity contribution >= 4 is 22.6 Å². The normalized spacial score (nSPS) is 15.4. The molecule has 0 saturated heterocycles. The van der Waals surface area contributed by atoms with Gasteiger partial charge in [0.2, 0.25) is 11.7 Å². The number of benzene rings is 3. The summed E-state index contributed by atoms with van der Waals surface area (Å²) >= 11 is 0. The summed E-state index contributed by atoms with van der Waals surface area (Å²) in [5.41, 5.74) is 4.62. The number of ether oxygens (including phenoxy) is 2. The number of carbonyl (C=O) groups is 1. The van der Waals surface area contributed by atoms with E-state index in [2.05, 4.69) is 10.4 Å². The summed E-state index contributed by atoms with van der Waals surface area (Å²) in [6, 6.07) is 16.8. The van der Waals surface area contributed by atoms with Crippen LogP contribution >= 0.6 is 0 Å². The van der Waals surface area contributed by atoms with Crippen LogP contribution in [0, 0.1) is 0 Å². The second-order valence-corrected chi connectivity index (χ2v) is 7.30. The first-order valence-corrected chi connectivity index (χ1v) is 9.79. The van der Waals surface area contributed by atoms with E-state index in [0.29, 0.717) is 11.2 Å². The van der Waals surface area contributed by atoms with Crippen LogP contribution in [0.25, 0.3) is 16.7 Å². The molecule has 8 nitrogen and oxygen atoms in total. The van der Waals surface area contributed by atoms with E-state index < -0.39 is 0 Å². The highest BCUT2D eigenvalue weighted by molar-refractivity contribution is 6.00. The molecule has 2 N–H and O–H groups in total. The Morgan fingerprint density at radius 2 is 1.74 bits per heavy atom. The lowest BCUT2D eigenvalue weighted by Gasteiger charge is -2.26. The summed E-state index contributed by atoms with van der Waals surface area (Å²) in [5.74, 6) is 0.0709. The Labute approximate surface area is 178 Å². The largest absolute Gasteiger partial charge is 0.502 e. The first-order chi connectivity index (χ1) is 15.1. The Balaban J connectivity index is 1.72. The van der Waals surface area contributed by atoms with Gasteiger partial charge in [-0.05, 0) is 42.0 Å². The Morgan fingerprint density at radius 3 is 2.42 bits per heavy atom. The molecule has 0 fully saturated rings. The minimum Gasteiger partial charge on any atom is -0.502 e. The van der Waals surface area contributed by atoms with Crippen molar-refractivity contribution < 1.29 is 19.4 Å². The van der Waals surface area contributed by atoms with Crippen molar-refractivity contribution in [2.24, 2.45) is 0 Å². The molecule has 1 aliphatic rings. The minimum absolute atomic E-state index is 0.0811. The lowest BCUT2D eigenvalue weighted by atomic mass is 9.83. The van der Waals surface area contributed by atoms with Crippen LogP contribution in [0.2, 0.25) is 0 Å². The van der Waals surface area contributed by atoms with Gasteiger partial charge in [0.05, 0.1) is 19.9 Å². The number of hydrogen-bond donors (Lipinski definition) is 2. The molecule has 0 unspecified atom stereocenters. The van der Waals surface area contributed by atoms with E-state index in [1.54, 1.807) is 16.9 Å². The molecule has 1 amide bonds. The monoisotopic (exact) mass is 416 g/mol. The zero-order valence-electron chi connectivity index (χ0n) is 17.0. The zero-order valence-corrected chi connectivity index (χ0v) is 17.0. The number of para-hydroxylation sites is 1. The van der Waals surface area contributed by atoms with Crippen molar-refractivity contribution in [3.63, 3.8) is 0 Å². The maximum atomic E-state index is 12.5. The fourth-order valence-corrected chi connectivity index (χ4v) is 4.03. The zero-order chi connectivity index (χ0) is 21.5. The maximum Gasteiger partial charge on any atom is 0.225 e. The summed E-state index contributed by atoms with van der Waals surface area (Å²) in [7, 11) is 2.95. The maximum absolute atomic E-state index is 12.5. The van der Waals surface area contributed by atoms with Gasteiger partial charge in [0.1, 0.15) is 11.0 Å². The van der Waals surface area contributed by atoms with E-state index in [0.717, 1.165) is 22.3 Å². The molecule has 5 rings (SSSR count). The molecule has 0 spiro atoms. The highest BCUT2D eigenvalue weighted by atomic mass is 16.5. The van der Waals surface area contributed by atoms with E-state index in [9.17, 15) is 9.90 Å². The number of phenols is 1. The molecular formula is C23H20N4O4. The van der Waals surface area contributed by atoms with Crippen molar-refractivity contribution in [1.82, 2.24) is 15.0 Å². The summed E-state index contributed by atoms with van der Waals surface area (Å²) in [6.07, 6.45) is 0.224. The van der Waals surface area contributed by atoms with Crippen molar-refractivity contribution in [3.05, 3.63) is 65.7 Å². The number of aromatic nitrogens is 3. The van der Waals surface area contributed by atoms with Crippen molar-refractivity contribution in [2.45, 2.75) is 12.3 Å². The van der Waals surface area contributed by atoms with Gasteiger partial charge >= 0.3 is 0 Å². The topological polar surface area (TPSA) is 98.5 Å². The number of aromatic hydroxyl groups is 1. The molecule has 0 saturated carbocycles. The number of nitrogens with zero attached hydrogens (tertiary/aromatic N) is 3. The van der Waals surface area contributed by atoms with Gasteiger partial charge in [-0.3, -0.25) is 4.79 Å². The third-order valence-corrected chi connectivity index (χ3v) is 5.50. The van der Waals surface area contributed by atoms with Crippen LogP contribution in [0.5, 0.6) is 17.2 Å². The lowest BCUT2D eigenvalue weighted by molar-refractivity contribution is -0.116. The van der Waals surface area contributed by atoms with Crippen LogP contribution in [-0.2, 0) is 4.79 Å². The lowest BCUT2D eigenvalue weighted by Crippen LogP contribution is -2.24. The number of fused-ring (bicyclic) bond motifs is 3. The number of rotatable bonds is 4. The number of phenolic OH excluding ortho intramolecular Hbond substituents is 1. The van der Waals surface area contributed by atoms with Gasteiger partial charge in [-0.25, -0.2) is 0 Å². The van der Waals surface area contributed by atoms with E-state index in [-0.39, 0.29) is 35.5 Å². The number of amides is 1. The number of methoxy groups -OCH3 is 2. The summed E-state index contributed by atoms with van der Waals surface area (Å²) in [5, 5.41) is 22.6. The second kappa shape index (κ2) is 7.32. The van der Waals surface area contributed by atoms with Gasteiger partial charge in [-0.15, -0.1) is 10.2 Å². The summed E-state index contributed by atoms with van der Waals surface area (Å²) < 4.78 is 10.6. The molecule has 1 aliphatic heterocycles. The van der Waals surface area contributed by atoms with Gasteiger partial charge in [0, 0.05) is 23.6 Å². The fraction of sp³-hybridized carbons (Fsp3) is 0.174. The highest BCUT2D eigenvalue weighted by Gasteiger charge is 2.31. The Kier molecular flexibility index (Phi) is 4.47. The van der Waals surface area contributed by atoms with Gasteiger partial charge in [0.15, 0.2) is 11.5 Å². The Hall–Kier alpha value is -4.07. The van der Waals surface area contributed by atoms with Gasteiger partial charge in [-0.1, -0.05) is 18.2 Å². The summed E-state index contributed by atoms with van der Waals surface area (Å²) in [6.45, 7) is 0. The van der Waals surface area contributed by atoms with E-state index in [4.69, 9.17) is 14.6 Å². The number of carbonyl (C=O) groups excluding carboxylic acids is 1. The third-order valence-electron chi connectivity index (χ3n) is 5.50. The molecule has 0 radical (unpaired) electrons. The van der Waals surface area contributed by atoms with E-state index in [1.807, 2.05) is 42.5 Å². The molecule has 31 heavy (non-hydrogen) atoms. The van der Waals surface area contributed by atoms with Crippen LogP contribution in [0.4, 0.5) is 5.69 Å². The smallest absolute Gasteiger partial charge is 0.225 e. The fourth-order valence-electron chi connectivity index (χ4n) is 4.03. The van der Waals surface area contributed by atoms with Gasteiger partial charge in [0.25, 0.3) is 0 Å². The predicted octanol–water partition coefficient (Wildman–Crippen LogP) is 3.62. The van der Waals surface area contributed by atoms with Gasteiger partial charge in [-0.2, -0.15) is 4.80 Å². The van der Waals surface area contributed by atoms with Crippen LogP contribution in [-0.4, -0.2) is 40.2 Å². The van der Waals surface area contributed by atoms with Crippen LogP contribution < -0.4 is 14.8 Å². The predicted molar refractivity (Wildman–Crippen MR) is 115 cm³/mol. The molecule has 1 aromatic heterocycles. The molecule has 156 valence electrons.